The Balaban J connectivity index is 2.28. The first kappa shape index (κ1) is 9.07. The van der Waals surface area contributed by atoms with Gasteiger partial charge in [0.05, 0.1) is 6.10 Å². The molecule has 1 aliphatic heterocycles. The lowest BCUT2D eigenvalue weighted by Gasteiger charge is -2.25. The molecule has 0 N–H and O–H groups in total. The smallest absolute Gasteiger partial charge is 0.186 e. The first-order chi connectivity index (χ1) is 5.18. The monoisotopic (exact) mass is 174 g/mol. The SMILES string of the molecule is CC(=O)SC1CCOC(C)C1. The van der Waals surface area contributed by atoms with Gasteiger partial charge in [0, 0.05) is 18.8 Å². The lowest BCUT2D eigenvalue weighted by Crippen LogP contribution is -2.25. The molecule has 11 heavy (non-hydrogen) atoms. The molecule has 1 heterocycles. The van der Waals surface area contributed by atoms with Gasteiger partial charge in [0.1, 0.15) is 0 Å². The molecule has 1 fully saturated rings. The van der Waals surface area contributed by atoms with E-state index in [2.05, 4.69) is 6.92 Å². The summed E-state index contributed by atoms with van der Waals surface area (Å²) in [7, 11) is 0. The zero-order valence-electron chi connectivity index (χ0n) is 7.00. The third-order valence-corrected chi connectivity index (χ3v) is 2.86. The Morgan fingerprint density at radius 1 is 1.64 bits per heavy atom. The second-order valence-corrected chi connectivity index (χ2v) is 4.41. The Kier molecular flexibility index (Phi) is 3.40. The van der Waals surface area contributed by atoms with E-state index >= 15 is 0 Å². The van der Waals surface area contributed by atoms with Crippen LogP contribution in [-0.2, 0) is 9.53 Å². The topological polar surface area (TPSA) is 26.3 Å². The van der Waals surface area contributed by atoms with Gasteiger partial charge in [-0.25, -0.2) is 0 Å². The second kappa shape index (κ2) is 4.12. The molecule has 2 nitrogen and oxygen atoms in total. The number of hydrogen-bond donors (Lipinski definition) is 0. The normalized spacial score (nSPS) is 31.8. The third-order valence-electron chi connectivity index (χ3n) is 1.77. The van der Waals surface area contributed by atoms with Gasteiger partial charge in [-0.05, 0) is 19.8 Å². The lowest BCUT2D eigenvalue weighted by atomic mass is 10.1. The van der Waals surface area contributed by atoms with Crippen LogP contribution in [0.2, 0.25) is 0 Å². The maximum Gasteiger partial charge on any atom is 0.186 e. The standard InChI is InChI=1S/C8H14O2S/c1-6-5-8(3-4-10-6)11-7(2)9/h6,8H,3-5H2,1-2H3. The van der Waals surface area contributed by atoms with E-state index in [9.17, 15) is 4.79 Å². The summed E-state index contributed by atoms with van der Waals surface area (Å²) in [6.07, 6.45) is 2.37. The summed E-state index contributed by atoms with van der Waals surface area (Å²) in [4.78, 5) is 10.7. The lowest BCUT2D eigenvalue weighted by molar-refractivity contribution is -0.109. The fraction of sp³-hybridized carbons (Fsp3) is 0.875. The number of carbonyl (C=O) groups is 1. The Labute approximate surface area is 71.7 Å². The summed E-state index contributed by atoms with van der Waals surface area (Å²) >= 11 is 1.46. The van der Waals surface area contributed by atoms with Gasteiger partial charge in [-0.3, -0.25) is 4.79 Å². The van der Waals surface area contributed by atoms with Gasteiger partial charge in [0.25, 0.3) is 0 Å². The largest absolute Gasteiger partial charge is 0.378 e. The molecule has 0 spiro atoms. The minimum Gasteiger partial charge on any atom is -0.378 e. The van der Waals surface area contributed by atoms with Crippen molar-refractivity contribution >= 4 is 16.9 Å². The summed E-state index contributed by atoms with van der Waals surface area (Å²) in [6.45, 7) is 4.50. The number of hydrogen-bond acceptors (Lipinski definition) is 3. The van der Waals surface area contributed by atoms with E-state index in [0.717, 1.165) is 19.4 Å². The van der Waals surface area contributed by atoms with Gasteiger partial charge in [-0.15, -0.1) is 0 Å². The number of rotatable bonds is 1. The van der Waals surface area contributed by atoms with Crippen molar-refractivity contribution in [3.8, 4) is 0 Å². The molecule has 64 valence electrons. The van der Waals surface area contributed by atoms with Crippen LogP contribution in [0.25, 0.3) is 0 Å². The average molecular weight is 174 g/mol. The van der Waals surface area contributed by atoms with Crippen molar-refractivity contribution in [2.24, 2.45) is 0 Å². The molecule has 0 bridgehead atoms. The highest BCUT2D eigenvalue weighted by atomic mass is 32.2. The van der Waals surface area contributed by atoms with Crippen LogP contribution in [0.15, 0.2) is 0 Å². The maximum atomic E-state index is 10.7. The van der Waals surface area contributed by atoms with Crippen LogP contribution in [0, 0.1) is 0 Å². The van der Waals surface area contributed by atoms with E-state index in [0.29, 0.717) is 11.4 Å². The predicted octanol–water partition coefficient (Wildman–Crippen LogP) is 1.83. The first-order valence-corrected chi connectivity index (χ1v) is 4.85. The maximum absolute atomic E-state index is 10.7. The van der Waals surface area contributed by atoms with Crippen molar-refractivity contribution in [1.29, 1.82) is 0 Å². The summed E-state index contributed by atoms with van der Waals surface area (Å²) in [5.41, 5.74) is 0. The molecule has 0 radical (unpaired) electrons. The molecular formula is C8H14O2S. The second-order valence-electron chi connectivity index (χ2n) is 2.94. The van der Waals surface area contributed by atoms with Crippen molar-refractivity contribution in [2.75, 3.05) is 6.61 Å². The molecule has 2 atom stereocenters. The van der Waals surface area contributed by atoms with Crippen LogP contribution in [0.4, 0.5) is 0 Å². The highest BCUT2D eigenvalue weighted by molar-refractivity contribution is 8.14. The van der Waals surface area contributed by atoms with Gasteiger partial charge >= 0.3 is 0 Å². The predicted molar refractivity (Wildman–Crippen MR) is 46.7 cm³/mol. The van der Waals surface area contributed by atoms with Crippen LogP contribution in [0.1, 0.15) is 26.7 Å². The van der Waals surface area contributed by atoms with Crippen molar-refractivity contribution in [1.82, 2.24) is 0 Å². The van der Waals surface area contributed by atoms with Gasteiger partial charge in [-0.2, -0.15) is 0 Å². The highest BCUT2D eigenvalue weighted by Gasteiger charge is 2.20. The molecule has 1 rings (SSSR count). The van der Waals surface area contributed by atoms with Gasteiger partial charge in [-0.1, -0.05) is 11.8 Å². The van der Waals surface area contributed by atoms with Crippen LogP contribution in [-0.4, -0.2) is 23.1 Å². The summed E-state index contributed by atoms with van der Waals surface area (Å²) < 4.78 is 5.36. The Morgan fingerprint density at radius 3 is 2.91 bits per heavy atom. The van der Waals surface area contributed by atoms with Gasteiger partial charge in [0.2, 0.25) is 0 Å². The zero-order chi connectivity index (χ0) is 8.27. The molecule has 2 unspecified atom stereocenters. The Morgan fingerprint density at radius 2 is 2.36 bits per heavy atom. The van der Waals surface area contributed by atoms with Gasteiger partial charge in [0.15, 0.2) is 5.12 Å². The van der Waals surface area contributed by atoms with E-state index in [1.165, 1.54) is 11.8 Å². The molecular weight excluding hydrogens is 160 g/mol. The molecule has 0 aromatic heterocycles. The number of carbonyl (C=O) groups excluding carboxylic acids is 1. The van der Waals surface area contributed by atoms with Crippen LogP contribution < -0.4 is 0 Å². The fourth-order valence-electron chi connectivity index (χ4n) is 1.30. The van der Waals surface area contributed by atoms with Crippen molar-refractivity contribution in [2.45, 2.75) is 38.0 Å². The number of thioether (sulfide) groups is 1. The molecule has 0 saturated carbocycles. The molecule has 1 saturated heterocycles. The van der Waals surface area contributed by atoms with E-state index in [1.807, 2.05) is 0 Å². The van der Waals surface area contributed by atoms with Crippen molar-refractivity contribution in [3.05, 3.63) is 0 Å². The zero-order valence-corrected chi connectivity index (χ0v) is 7.82. The molecule has 3 heteroatoms. The molecule has 0 aromatic carbocycles. The summed E-state index contributed by atoms with van der Waals surface area (Å²) in [6, 6.07) is 0. The van der Waals surface area contributed by atoms with Crippen LogP contribution in [0.5, 0.6) is 0 Å². The first-order valence-electron chi connectivity index (χ1n) is 3.97. The highest BCUT2D eigenvalue weighted by Crippen LogP contribution is 2.25. The van der Waals surface area contributed by atoms with E-state index in [1.54, 1.807) is 6.92 Å². The minimum atomic E-state index is 0.226. The molecule has 0 amide bonds. The quantitative estimate of drug-likeness (QED) is 0.606. The molecule has 0 aromatic rings. The van der Waals surface area contributed by atoms with Gasteiger partial charge < -0.3 is 4.74 Å². The number of ether oxygens (including phenoxy) is 1. The average Bonchev–Trinajstić information content (AvgIpc) is 1.85. The Bertz CT molecular complexity index is 147. The van der Waals surface area contributed by atoms with Crippen LogP contribution >= 0.6 is 11.8 Å². The van der Waals surface area contributed by atoms with E-state index in [4.69, 9.17) is 4.74 Å². The summed E-state index contributed by atoms with van der Waals surface area (Å²) in [5, 5.41) is 0.723. The van der Waals surface area contributed by atoms with Crippen molar-refractivity contribution in [3.63, 3.8) is 0 Å². The molecule has 0 aliphatic carbocycles. The summed E-state index contributed by atoms with van der Waals surface area (Å²) in [5.74, 6) is 0. The van der Waals surface area contributed by atoms with Crippen molar-refractivity contribution < 1.29 is 9.53 Å². The Hall–Kier alpha value is -0.0200. The third kappa shape index (κ3) is 3.25. The molecule has 1 aliphatic rings. The van der Waals surface area contributed by atoms with Crippen LogP contribution in [0.3, 0.4) is 0 Å². The minimum absolute atomic E-state index is 0.226. The van der Waals surface area contributed by atoms with E-state index < -0.39 is 0 Å². The van der Waals surface area contributed by atoms with E-state index in [-0.39, 0.29) is 5.12 Å². The fourth-order valence-corrected chi connectivity index (χ4v) is 2.35.